The van der Waals surface area contributed by atoms with Gasteiger partial charge in [0.1, 0.15) is 0 Å². The second kappa shape index (κ2) is 3.21. The number of hydrogen-bond acceptors (Lipinski definition) is 2. The Morgan fingerprint density at radius 3 is 1.73 bits per heavy atom. The van der Waals surface area contributed by atoms with Crippen LogP contribution in [0.1, 0.15) is 52.4 Å². The van der Waals surface area contributed by atoms with Crippen LogP contribution in [0.3, 0.4) is 0 Å². The molecule has 2 N–H and O–H groups in total. The Morgan fingerprint density at radius 2 is 1.40 bits per heavy atom. The Balaban J connectivity index is 1.86. The number of hydrazine groups is 1. The van der Waals surface area contributed by atoms with Crippen molar-refractivity contribution in [2.24, 2.45) is 23.6 Å². The zero-order valence-corrected chi connectivity index (χ0v) is 10.1. The van der Waals surface area contributed by atoms with Gasteiger partial charge >= 0.3 is 0 Å². The maximum Gasteiger partial charge on any atom is 0.0362 e. The van der Waals surface area contributed by atoms with Crippen LogP contribution in [0, 0.1) is 17.8 Å². The quantitative estimate of drug-likeness (QED) is 0.558. The molecule has 0 aliphatic heterocycles. The van der Waals surface area contributed by atoms with Crippen molar-refractivity contribution in [2.45, 2.75) is 64.0 Å². The Kier molecular flexibility index (Phi) is 2.16. The first-order valence-electron chi connectivity index (χ1n) is 6.63. The van der Waals surface area contributed by atoms with Crippen LogP contribution in [-0.2, 0) is 0 Å². The van der Waals surface area contributed by atoms with Crippen LogP contribution in [0.25, 0.3) is 0 Å². The average Bonchev–Trinajstić information content (AvgIpc) is 2.14. The van der Waals surface area contributed by atoms with E-state index in [-0.39, 0.29) is 0 Å². The van der Waals surface area contributed by atoms with Gasteiger partial charge in [-0.3, -0.25) is 5.84 Å². The van der Waals surface area contributed by atoms with E-state index in [1.807, 2.05) is 0 Å². The molecule has 4 bridgehead atoms. The monoisotopic (exact) mass is 208 g/mol. The SMILES string of the molecule is CC(C)N(N)C12CC3CC(CC(C3)C1)C2. The molecular weight excluding hydrogens is 184 g/mol. The third-order valence-corrected chi connectivity index (χ3v) is 5.11. The van der Waals surface area contributed by atoms with Crippen molar-refractivity contribution in [1.82, 2.24) is 5.01 Å². The fourth-order valence-electron chi connectivity index (χ4n) is 4.93. The summed E-state index contributed by atoms with van der Waals surface area (Å²) in [7, 11) is 0. The smallest absolute Gasteiger partial charge is 0.0362 e. The maximum atomic E-state index is 6.35. The van der Waals surface area contributed by atoms with Gasteiger partial charge in [-0.25, -0.2) is 5.01 Å². The van der Waals surface area contributed by atoms with E-state index in [1.54, 1.807) is 0 Å². The molecule has 0 unspecified atom stereocenters. The van der Waals surface area contributed by atoms with E-state index >= 15 is 0 Å². The number of rotatable bonds is 2. The van der Waals surface area contributed by atoms with Gasteiger partial charge in [-0.2, -0.15) is 0 Å². The standard InChI is InChI=1S/C13H24N2/c1-9(2)15(14)13-6-10-3-11(7-13)5-12(4-10)8-13/h9-12H,3-8,14H2,1-2H3. The lowest BCUT2D eigenvalue weighted by atomic mass is 9.52. The summed E-state index contributed by atoms with van der Waals surface area (Å²) in [5, 5.41) is 2.21. The highest BCUT2D eigenvalue weighted by atomic mass is 15.5. The highest BCUT2D eigenvalue weighted by molar-refractivity contribution is 5.06. The first-order valence-corrected chi connectivity index (χ1v) is 6.63. The molecule has 0 radical (unpaired) electrons. The summed E-state index contributed by atoms with van der Waals surface area (Å²) in [6.45, 7) is 4.47. The number of nitrogens with zero attached hydrogens (tertiary/aromatic N) is 1. The van der Waals surface area contributed by atoms with Crippen molar-refractivity contribution in [3.05, 3.63) is 0 Å². The third-order valence-electron chi connectivity index (χ3n) is 5.11. The molecule has 4 rings (SSSR count). The van der Waals surface area contributed by atoms with E-state index in [0.717, 1.165) is 17.8 Å². The normalized spacial score (nSPS) is 48.2. The van der Waals surface area contributed by atoms with Crippen molar-refractivity contribution < 1.29 is 0 Å². The molecule has 0 saturated heterocycles. The first-order chi connectivity index (χ1) is 7.09. The molecule has 0 atom stereocenters. The van der Waals surface area contributed by atoms with Gasteiger partial charge in [0.25, 0.3) is 0 Å². The lowest BCUT2D eigenvalue weighted by Gasteiger charge is -2.60. The van der Waals surface area contributed by atoms with Crippen molar-refractivity contribution >= 4 is 0 Å². The van der Waals surface area contributed by atoms with Crippen LogP contribution in [0.2, 0.25) is 0 Å². The Morgan fingerprint density at radius 1 is 1.00 bits per heavy atom. The molecule has 4 saturated carbocycles. The van der Waals surface area contributed by atoms with Crippen LogP contribution in [0.4, 0.5) is 0 Å². The van der Waals surface area contributed by atoms with E-state index < -0.39 is 0 Å². The molecule has 2 nitrogen and oxygen atoms in total. The molecule has 0 amide bonds. The first kappa shape index (κ1) is 10.1. The van der Waals surface area contributed by atoms with Crippen molar-refractivity contribution in [1.29, 1.82) is 0 Å². The van der Waals surface area contributed by atoms with Gasteiger partial charge < -0.3 is 0 Å². The van der Waals surface area contributed by atoms with Gasteiger partial charge in [0, 0.05) is 11.6 Å². The molecule has 0 aromatic heterocycles. The molecule has 4 fully saturated rings. The molecule has 0 spiro atoms. The zero-order chi connectivity index (χ0) is 10.6. The van der Waals surface area contributed by atoms with Crippen LogP contribution in [0.15, 0.2) is 0 Å². The molecule has 4 aliphatic rings. The van der Waals surface area contributed by atoms with Crippen LogP contribution in [-0.4, -0.2) is 16.6 Å². The lowest BCUT2D eigenvalue weighted by molar-refractivity contribution is -0.101. The largest absolute Gasteiger partial charge is 0.268 e. The summed E-state index contributed by atoms with van der Waals surface area (Å²) in [5.74, 6) is 9.35. The number of hydrogen-bond donors (Lipinski definition) is 1. The summed E-state index contributed by atoms with van der Waals surface area (Å²) < 4.78 is 0. The molecule has 15 heavy (non-hydrogen) atoms. The Bertz CT molecular complexity index is 224. The van der Waals surface area contributed by atoms with Crippen LogP contribution in [0.5, 0.6) is 0 Å². The lowest BCUT2D eigenvalue weighted by Crippen LogP contribution is -2.64. The van der Waals surface area contributed by atoms with Gasteiger partial charge in [-0.1, -0.05) is 0 Å². The minimum absolute atomic E-state index is 0.392. The Labute approximate surface area is 93.2 Å². The van der Waals surface area contributed by atoms with Crippen LogP contribution >= 0.6 is 0 Å². The maximum absolute atomic E-state index is 6.35. The second-order valence-corrected chi connectivity index (χ2v) is 6.64. The highest BCUT2D eigenvalue weighted by Gasteiger charge is 2.53. The minimum Gasteiger partial charge on any atom is -0.268 e. The van der Waals surface area contributed by atoms with E-state index in [4.69, 9.17) is 5.84 Å². The predicted octanol–water partition coefficient (Wildman–Crippen LogP) is 2.54. The molecule has 0 heterocycles. The zero-order valence-electron chi connectivity index (χ0n) is 10.1. The van der Waals surface area contributed by atoms with Crippen LogP contribution < -0.4 is 5.84 Å². The van der Waals surface area contributed by atoms with Gasteiger partial charge in [0.2, 0.25) is 0 Å². The molecular formula is C13H24N2. The molecule has 2 heteroatoms. The fourth-order valence-corrected chi connectivity index (χ4v) is 4.93. The third kappa shape index (κ3) is 1.45. The highest BCUT2D eigenvalue weighted by Crippen LogP contribution is 2.57. The van der Waals surface area contributed by atoms with E-state index in [0.29, 0.717) is 11.6 Å². The van der Waals surface area contributed by atoms with Gasteiger partial charge in [-0.05, 0) is 70.1 Å². The summed E-state index contributed by atoms with van der Waals surface area (Å²) in [6.07, 6.45) is 8.66. The van der Waals surface area contributed by atoms with Crippen molar-refractivity contribution in [3.63, 3.8) is 0 Å². The summed E-state index contributed by atoms with van der Waals surface area (Å²) >= 11 is 0. The van der Waals surface area contributed by atoms with Gasteiger partial charge in [0.05, 0.1) is 0 Å². The van der Waals surface area contributed by atoms with E-state index in [2.05, 4.69) is 18.9 Å². The predicted molar refractivity (Wildman–Crippen MR) is 62.1 cm³/mol. The van der Waals surface area contributed by atoms with Crippen molar-refractivity contribution in [2.75, 3.05) is 0 Å². The van der Waals surface area contributed by atoms with E-state index in [1.165, 1.54) is 38.5 Å². The fraction of sp³-hybridized carbons (Fsp3) is 1.00. The molecule has 86 valence electrons. The summed E-state index contributed by atoms with van der Waals surface area (Å²) in [4.78, 5) is 0. The van der Waals surface area contributed by atoms with E-state index in [9.17, 15) is 0 Å². The summed E-state index contributed by atoms with van der Waals surface area (Å²) in [6, 6.07) is 0.501. The minimum atomic E-state index is 0.392. The molecule has 0 aromatic rings. The van der Waals surface area contributed by atoms with Gasteiger partial charge in [0.15, 0.2) is 0 Å². The second-order valence-electron chi connectivity index (χ2n) is 6.64. The average molecular weight is 208 g/mol. The Hall–Kier alpha value is -0.0800. The summed E-state index contributed by atoms with van der Waals surface area (Å²) in [5.41, 5.74) is 0.392. The molecule has 4 aliphatic carbocycles. The number of nitrogens with two attached hydrogens (primary N) is 1. The molecule has 0 aromatic carbocycles. The van der Waals surface area contributed by atoms with Crippen molar-refractivity contribution in [3.8, 4) is 0 Å². The topological polar surface area (TPSA) is 29.3 Å². The van der Waals surface area contributed by atoms with Gasteiger partial charge in [-0.15, -0.1) is 0 Å².